The van der Waals surface area contributed by atoms with Gasteiger partial charge in [0.15, 0.2) is 0 Å². The van der Waals surface area contributed by atoms with E-state index in [2.05, 4.69) is 22.1 Å². The molecule has 1 N–H and O–H groups in total. The van der Waals surface area contributed by atoms with Gasteiger partial charge in [-0.2, -0.15) is 11.3 Å². The monoisotopic (exact) mass is 169 g/mol. The van der Waals surface area contributed by atoms with Gasteiger partial charge in [-0.15, -0.1) is 6.42 Å². The van der Waals surface area contributed by atoms with Gasteiger partial charge in [0.25, 0.3) is 0 Å². The molecular weight excluding hydrogens is 162 g/mol. The van der Waals surface area contributed by atoms with Gasteiger partial charge in [0.1, 0.15) is 0 Å². The standard InChI is InChI=1S/C7H7NS2/c1-2-4-8-10-7-3-5-9-6-7/h1,3,5-6,8H,4H2. The Bertz CT molecular complexity index is 210. The number of hydrogen-bond donors (Lipinski definition) is 1. The highest BCUT2D eigenvalue weighted by molar-refractivity contribution is 7.97. The van der Waals surface area contributed by atoms with Crippen LogP contribution in [0, 0.1) is 12.3 Å². The summed E-state index contributed by atoms with van der Waals surface area (Å²) >= 11 is 3.25. The van der Waals surface area contributed by atoms with Crippen molar-refractivity contribution in [1.82, 2.24) is 4.72 Å². The largest absolute Gasteiger partial charge is 0.248 e. The van der Waals surface area contributed by atoms with Crippen molar-refractivity contribution in [2.75, 3.05) is 6.54 Å². The van der Waals surface area contributed by atoms with Crippen LogP contribution in [0.4, 0.5) is 0 Å². The first-order valence-corrected chi connectivity index (χ1v) is 4.55. The topological polar surface area (TPSA) is 12.0 Å². The van der Waals surface area contributed by atoms with E-state index in [-0.39, 0.29) is 0 Å². The van der Waals surface area contributed by atoms with E-state index in [1.54, 1.807) is 23.3 Å². The predicted molar refractivity (Wildman–Crippen MR) is 47.0 cm³/mol. The molecule has 0 bridgehead atoms. The fraction of sp³-hybridized carbons (Fsp3) is 0.143. The fourth-order valence-electron chi connectivity index (χ4n) is 0.471. The maximum absolute atomic E-state index is 5.04. The van der Waals surface area contributed by atoms with Gasteiger partial charge in [-0.3, -0.25) is 0 Å². The lowest BCUT2D eigenvalue weighted by atomic mass is 10.7. The van der Waals surface area contributed by atoms with Crippen LogP contribution in [0.15, 0.2) is 21.7 Å². The zero-order valence-corrected chi connectivity index (χ0v) is 6.97. The normalized spacial score (nSPS) is 9.10. The van der Waals surface area contributed by atoms with E-state index in [1.165, 1.54) is 4.90 Å². The van der Waals surface area contributed by atoms with Crippen LogP contribution < -0.4 is 4.72 Å². The average molecular weight is 169 g/mol. The van der Waals surface area contributed by atoms with E-state index < -0.39 is 0 Å². The minimum absolute atomic E-state index is 0.612. The molecule has 0 spiro atoms. The molecule has 0 radical (unpaired) electrons. The molecule has 0 amide bonds. The summed E-state index contributed by atoms with van der Waals surface area (Å²) in [5.41, 5.74) is 0. The molecule has 0 aromatic carbocycles. The molecule has 0 atom stereocenters. The smallest absolute Gasteiger partial charge is 0.0672 e. The Morgan fingerprint density at radius 3 is 3.30 bits per heavy atom. The lowest BCUT2D eigenvalue weighted by Crippen LogP contribution is -2.00. The van der Waals surface area contributed by atoms with E-state index >= 15 is 0 Å². The quantitative estimate of drug-likeness (QED) is 0.422. The predicted octanol–water partition coefficient (Wildman–Crippen LogP) is 1.98. The molecule has 1 aromatic heterocycles. The Balaban J connectivity index is 2.23. The van der Waals surface area contributed by atoms with Crippen molar-refractivity contribution in [3.8, 4) is 12.3 Å². The van der Waals surface area contributed by atoms with E-state index in [9.17, 15) is 0 Å². The Morgan fingerprint density at radius 1 is 1.80 bits per heavy atom. The first-order chi connectivity index (χ1) is 4.93. The Labute approximate surface area is 69.0 Å². The summed E-state index contributed by atoms with van der Waals surface area (Å²) in [7, 11) is 0. The Hall–Kier alpha value is -0.430. The van der Waals surface area contributed by atoms with Crippen LogP contribution >= 0.6 is 23.3 Å². The van der Waals surface area contributed by atoms with Gasteiger partial charge in [0.2, 0.25) is 0 Å². The third-order valence-corrected chi connectivity index (χ3v) is 2.47. The maximum Gasteiger partial charge on any atom is 0.0672 e. The molecule has 1 nitrogen and oxygen atoms in total. The molecule has 0 fully saturated rings. The molecule has 1 rings (SSSR count). The third-order valence-electron chi connectivity index (χ3n) is 0.859. The van der Waals surface area contributed by atoms with Gasteiger partial charge in [-0.1, -0.05) is 5.92 Å². The summed E-state index contributed by atoms with van der Waals surface area (Å²) in [6.07, 6.45) is 5.04. The molecule has 0 aliphatic rings. The van der Waals surface area contributed by atoms with Crippen LogP contribution in [0.1, 0.15) is 0 Å². The van der Waals surface area contributed by atoms with Gasteiger partial charge in [0, 0.05) is 10.3 Å². The lowest BCUT2D eigenvalue weighted by molar-refractivity contribution is 1.16. The second kappa shape index (κ2) is 4.40. The molecule has 0 saturated carbocycles. The number of nitrogens with one attached hydrogen (secondary N) is 1. The summed E-state index contributed by atoms with van der Waals surface area (Å²) in [6.45, 7) is 0.612. The van der Waals surface area contributed by atoms with Crippen molar-refractivity contribution in [3.63, 3.8) is 0 Å². The highest BCUT2D eigenvalue weighted by atomic mass is 32.2. The number of rotatable bonds is 3. The first-order valence-electron chi connectivity index (χ1n) is 2.79. The van der Waals surface area contributed by atoms with Crippen LogP contribution in [-0.4, -0.2) is 6.54 Å². The van der Waals surface area contributed by atoms with Crippen LogP contribution in [0.2, 0.25) is 0 Å². The highest BCUT2D eigenvalue weighted by Crippen LogP contribution is 2.16. The van der Waals surface area contributed by atoms with Crippen molar-refractivity contribution in [1.29, 1.82) is 0 Å². The van der Waals surface area contributed by atoms with Crippen LogP contribution in [0.3, 0.4) is 0 Å². The molecule has 52 valence electrons. The SMILES string of the molecule is C#CCNSc1ccsc1. The number of terminal acetylenes is 1. The zero-order valence-electron chi connectivity index (χ0n) is 5.33. The van der Waals surface area contributed by atoms with Gasteiger partial charge >= 0.3 is 0 Å². The number of thiophene rings is 1. The molecule has 1 aromatic rings. The Morgan fingerprint density at radius 2 is 2.70 bits per heavy atom. The van der Waals surface area contributed by atoms with Crippen LogP contribution in [0.5, 0.6) is 0 Å². The van der Waals surface area contributed by atoms with Gasteiger partial charge in [-0.05, 0) is 23.4 Å². The van der Waals surface area contributed by atoms with E-state index in [1.807, 2.05) is 5.38 Å². The minimum atomic E-state index is 0.612. The van der Waals surface area contributed by atoms with Gasteiger partial charge in [-0.25, -0.2) is 4.72 Å². The molecule has 0 saturated heterocycles. The summed E-state index contributed by atoms with van der Waals surface area (Å²) in [5, 5.41) is 4.12. The first kappa shape index (κ1) is 7.67. The van der Waals surface area contributed by atoms with Crippen molar-refractivity contribution < 1.29 is 0 Å². The molecule has 0 aliphatic carbocycles. The average Bonchev–Trinajstić information content (AvgIpc) is 2.41. The van der Waals surface area contributed by atoms with Crippen LogP contribution in [-0.2, 0) is 0 Å². The number of hydrogen-bond acceptors (Lipinski definition) is 3. The Kier molecular flexibility index (Phi) is 3.37. The molecule has 0 unspecified atom stereocenters. The molecule has 1 heterocycles. The second-order valence-corrected chi connectivity index (χ2v) is 3.33. The van der Waals surface area contributed by atoms with E-state index in [4.69, 9.17) is 6.42 Å². The molecule has 0 aliphatic heterocycles. The lowest BCUT2D eigenvalue weighted by Gasteiger charge is -1.93. The summed E-state index contributed by atoms with van der Waals surface area (Å²) in [6, 6.07) is 2.05. The van der Waals surface area contributed by atoms with Crippen molar-refractivity contribution in [2.45, 2.75) is 4.90 Å². The third kappa shape index (κ3) is 2.44. The van der Waals surface area contributed by atoms with Gasteiger partial charge in [0.05, 0.1) is 6.54 Å². The van der Waals surface area contributed by atoms with Crippen molar-refractivity contribution in [2.24, 2.45) is 0 Å². The van der Waals surface area contributed by atoms with Crippen LogP contribution in [0.25, 0.3) is 0 Å². The summed E-state index contributed by atoms with van der Waals surface area (Å²) in [4.78, 5) is 1.22. The van der Waals surface area contributed by atoms with E-state index in [0.717, 1.165) is 0 Å². The molecule has 10 heavy (non-hydrogen) atoms. The fourth-order valence-corrected chi connectivity index (χ4v) is 1.89. The minimum Gasteiger partial charge on any atom is -0.248 e. The molecule has 3 heteroatoms. The second-order valence-electron chi connectivity index (χ2n) is 1.59. The highest BCUT2D eigenvalue weighted by Gasteiger charge is 1.89. The zero-order chi connectivity index (χ0) is 7.23. The maximum atomic E-state index is 5.04. The van der Waals surface area contributed by atoms with Crippen molar-refractivity contribution >= 4 is 23.3 Å². The molecular formula is C7H7NS2. The summed E-state index contributed by atoms with van der Waals surface area (Å²) < 4.78 is 3.02. The van der Waals surface area contributed by atoms with Gasteiger partial charge < -0.3 is 0 Å². The van der Waals surface area contributed by atoms with Crippen molar-refractivity contribution in [3.05, 3.63) is 16.8 Å². The summed E-state index contributed by atoms with van der Waals surface area (Å²) in [5.74, 6) is 2.50. The van der Waals surface area contributed by atoms with E-state index in [0.29, 0.717) is 6.54 Å².